The Morgan fingerprint density at radius 1 is 1.04 bits per heavy atom. The number of nitrogens with zero attached hydrogens (tertiary/aromatic N) is 1. The van der Waals surface area contributed by atoms with Crippen molar-refractivity contribution in [3.63, 3.8) is 0 Å². The SMILES string of the molecule is Cc1cccc(OCCNC(=O)NCc2ccc(CN(C)C)cc2)c1. The number of hydrogen-bond donors (Lipinski definition) is 2. The van der Waals surface area contributed by atoms with Crippen LogP contribution in [0.2, 0.25) is 0 Å². The Morgan fingerprint density at radius 3 is 2.44 bits per heavy atom. The maximum Gasteiger partial charge on any atom is 0.315 e. The van der Waals surface area contributed by atoms with Gasteiger partial charge in [0.05, 0.1) is 6.54 Å². The van der Waals surface area contributed by atoms with Crippen LogP contribution in [0.15, 0.2) is 48.5 Å². The van der Waals surface area contributed by atoms with Gasteiger partial charge < -0.3 is 20.3 Å². The van der Waals surface area contributed by atoms with Crippen LogP contribution in [0.4, 0.5) is 4.79 Å². The van der Waals surface area contributed by atoms with E-state index in [1.807, 2.05) is 57.4 Å². The number of urea groups is 1. The van der Waals surface area contributed by atoms with Gasteiger partial charge in [-0.3, -0.25) is 0 Å². The number of aryl methyl sites for hydroxylation is 1. The van der Waals surface area contributed by atoms with Crippen molar-refractivity contribution in [2.24, 2.45) is 0 Å². The average Bonchev–Trinajstić information content (AvgIpc) is 2.58. The minimum atomic E-state index is -0.190. The number of benzene rings is 2. The monoisotopic (exact) mass is 341 g/mol. The predicted molar refractivity (Wildman–Crippen MR) is 101 cm³/mol. The molecule has 25 heavy (non-hydrogen) atoms. The van der Waals surface area contributed by atoms with Gasteiger partial charge in [-0.25, -0.2) is 4.79 Å². The van der Waals surface area contributed by atoms with Gasteiger partial charge in [-0.2, -0.15) is 0 Å². The lowest BCUT2D eigenvalue weighted by Crippen LogP contribution is -2.37. The van der Waals surface area contributed by atoms with E-state index in [9.17, 15) is 4.79 Å². The van der Waals surface area contributed by atoms with E-state index in [2.05, 4.69) is 27.7 Å². The summed E-state index contributed by atoms with van der Waals surface area (Å²) in [5, 5.41) is 5.64. The van der Waals surface area contributed by atoms with Gasteiger partial charge in [0, 0.05) is 13.1 Å². The highest BCUT2D eigenvalue weighted by Gasteiger charge is 2.01. The first-order valence-corrected chi connectivity index (χ1v) is 8.46. The molecule has 5 heteroatoms. The van der Waals surface area contributed by atoms with Crippen LogP contribution < -0.4 is 15.4 Å². The molecular formula is C20H27N3O2. The lowest BCUT2D eigenvalue weighted by Gasteiger charge is -2.11. The van der Waals surface area contributed by atoms with Gasteiger partial charge in [0.15, 0.2) is 0 Å². The number of nitrogens with one attached hydrogen (secondary N) is 2. The molecule has 0 aliphatic rings. The molecular weight excluding hydrogens is 314 g/mol. The highest BCUT2D eigenvalue weighted by molar-refractivity contribution is 5.73. The molecule has 0 atom stereocenters. The number of carbonyl (C=O) groups is 1. The van der Waals surface area contributed by atoms with Crippen LogP contribution in [0.5, 0.6) is 5.75 Å². The smallest absolute Gasteiger partial charge is 0.315 e. The number of rotatable bonds is 8. The van der Waals surface area contributed by atoms with Gasteiger partial charge in [-0.05, 0) is 49.8 Å². The second kappa shape index (κ2) is 9.69. The standard InChI is InChI=1S/C20H27N3O2/c1-16-5-4-6-19(13-16)25-12-11-21-20(24)22-14-17-7-9-18(10-8-17)15-23(2)3/h4-10,13H,11-12,14-15H2,1-3H3,(H2,21,22,24). The molecule has 0 unspecified atom stereocenters. The molecule has 134 valence electrons. The van der Waals surface area contributed by atoms with Crippen molar-refractivity contribution in [1.29, 1.82) is 0 Å². The van der Waals surface area contributed by atoms with Gasteiger partial charge in [0.2, 0.25) is 0 Å². The van der Waals surface area contributed by atoms with E-state index in [0.29, 0.717) is 19.7 Å². The molecule has 2 amide bonds. The molecule has 5 nitrogen and oxygen atoms in total. The summed E-state index contributed by atoms with van der Waals surface area (Å²) in [6, 6.07) is 15.9. The van der Waals surface area contributed by atoms with Gasteiger partial charge in [0.25, 0.3) is 0 Å². The van der Waals surface area contributed by atoms with Crippen LogP contribution in [0.25, 0.3) is 0 Å². The van der Waals surface area contributed by atoms with Crippen LogP contribution in [0, 0.1) is 6.92 Å². The summed E-state index contributed by atoms with van der Waals surface area (Å²) in [7, 11) is 4.09. The Bertz CT molecular complexity index is 669. The summed E-state index contributed by atoms with van der Waals surface area (Å²) in [4.78, 5) is 13.9. The Kier molecular flexibility index (Phi) is 7.29. The van der Waals surface area contributed by atoms with Crippen molar-refractivity contribution in [1.82, 2.24) is 15.5 Å². The zero-order valence-corrected chi connectivity index (χ0v) is 15.2. The fourth-order valence-electron chi connectivity index (χ4n) is 2.41. The first-order valence-electron chi connectivity index (χ1n) is 8.46. The predicted octanol–water partition coefficient (Wildman–Crippen LogP) is 2.93. The molecule has 0 fully saturated rings. The topological polar surface area (TPSA) is 53.6 Å². The van der Waals surface area contributed by atoms with Crippen LogP contribution >= 0.6 is 0 Å². The molecule has 2 rings (SSSR count). The zero-order chi connectivity index (χ0) is 18.1. The summed E-state index contributed by atoms with van der Waals surface area (Å²) in [5.41, 5.74) is 3.49. The normalized spacial score (nSPS) is 10.6. The van der Waals surface area contributed by atoms with E-state index >= 15 is 0 Å². The van der Waals surface area contributed by atoms with E-state index in [4.69, 9.17) is 4.74 Å². The van der Waals surface area contributed by atoms with E-state index in [1.165, 1.54) is 5.56 Å². The van der Waals surface area contributed by atoms with Crippen molar-refractivity contribution in [2.75, 3.05) is 27.2 Å². The number of hydrogen-bond acceptors (Lipinski definition) is 3. The summed E-state index contributed by atoms with van der Waals surface area (Å²) in [6.45, 7) is 4.34. The van der Waals surface area contributed by atoms with Crippen molar-refractivity contribution < 1.29 is 9.53 Å². The third-order valence-electron chi connectivity index (χ3n) is 3.62. The van der Waals surface area contributed by atoms with E-state index in [1.54, 1.807) is 0 Å². The van der Waals surface area contributed by atoms with Gasteiger partial charge in [0.1, 0.15) is 12.4 Å². The van der Waals surface area contributed by atoms with Crippen LogP contribution in [0.3, 0.4) is 0 Å². The maximum absolute atomic E-state index is 11.8. The van der Waals surface area contributed by atoms with Gasteiger partial charge in [-0.15, -0.1) is 0 Å². The van der Waals surface area contributed by atoms with Crippen LogP contribution in [-0.4, -0.2) is 38.2 Å². The molecule has 0 radical (unpaired) electrons. The second-order valence-electron chi connectivity index (χ2n) is 6.33. The largest absolute Gasteiger partial charge is 0.492 e. The highest BCUT2D eigenvalue weighted by Crippen LogP contribution is 2.11. The molecule has 2 aromatic carbocycles. The molecule has 2 N–H and O–H groups in total. The van der Waals surface area contributed by atoms with Crippen molar-refractivity contribution in [2.45, 2.75) is 20.0 Å². The van der Waals surface area contributed by atoms with Crippen LogP contribution in [-0.2, 0) is 13.1 Å². The minimum Gasteiger partial charge on any atom is -0.492 e. The molecule has 0 heterocycles. The Hall–Kier alpha value is -2.53. The third kappa shape index (κ3) is 7.27. The molecule has 2 aromatic rings. The van der Waals surface area contributed by atoms with Crippen molar-refractivity contribution >= 4 is 6.03 Å². The fourth-order valence-corrected chi connectivity index (χ4v) is 2.41. The van der Waals surface area contributed by atoms with Crippen molar-refractivity contribution in [3.8, 4) is 5.75 Å². The minimum absolute atomic E-state index is 0.190. The van der Waals surface area contributed by atoms with E-state index in [-0.39, 0.29) is 6.03 Å². The third-order valence-corrected chi connectivity index (χ3v) is 3.62. The zero-order valence-electron chi connectivity index (χ0n) is 15.2. The Labute approximate surface area is 150 Å². The van der Waals surface area contributed by atoms with Gasteiger partial charge >= 0.3 is 6.03 Å². The molecule has 0 saturated heterocycles. The van der Waals surface area contributed by atoms with E-state index < -0.39 is 0 Å². The lowest BCUT2D eigenvalue weighted by atomic mass is 10.1. The summed E-state index contributed by atoms with van der Waals surface area (Å²) >= 11 is 0. The van der Waals surface area contributed by atoms with Crippen molar-refractivity contribution in [3.05, 3.63) is 65.2 Å². The molecule has 0 saturated carbocycles. The Balaban J connectivity index is 1.63. The quantitative estimate of drug-likeness (QED) is 0.726. The average molecular weight is 341 g/mol. The Morgan fingerprint density at radius 2 is 1.76 bits per heavy atom. The number of carbonyl (C=O) groups excluding carboxylic acids is 1. The molecule has 0 aliphatic heterocycles. The summed E-state index contributed by atoms with van der Waals surface area (Å²) < 4.78 is 5.60. The fraction of sp³-hybridized carbons (Fsp3) is 0.350. The number of amides is 2. The first kappa shape index (κ1) is 18.8. The van der Waals surface area contributed by atoms with Gasteiger partial charge in [-0.1, -0.05) is 36.4 Å². The maximum atomic E-state index is 11.8. The molecule has 0 spiro atoms. The first-order chi connectivity index (χ1) is 12.0. The second-order valence-corrected chi connectivity index (χ2v) is 6.33. The number of ether oxygens (including phenoxy) is 1. The van der Waals surface area contributed by atoms with E-state index in [0.717, 1.165) is 23.4 Å². The summed E-state index contributed by atoms with van der Waals surface area (Å²) in [6.07, 6.45) is 0. The highest BCUT2D eigenvalue weighted by atomic mass is 16.5. The molecule has 0 aromatic heterocycles. The summed E-state index contributed by atoms with van der Waals surface area (Å²) in [5.74, 6) is 0.819. The molecule has 0 aliphatic carbocycles. The lowest BCUT2D eigenvalue weighted by molar-refractivity contribution is 0.236. The van der Waals surface area contributed by atoms with Crippen LogP contribution in [0.1, 0.15) is 16.7 Å². The molecule has 0 bridgehead atoms.